The summed E-state index contributed by atoms with van der Waals surface area (Å²) in [5.41, 5.74) is 1.82. The Morgan fingerprint density at radius 2 is 2.05 bits per heavy atom. The Morgan fingerprint density at radius 3 is 2.62 bits per heavy atom. The van der Waals surface area contributed by atoms with Crippen LogP contribution in [-0.4, -0.2) is 45.4 Å². The summed E-state index contributed by atoms with van der Waals surface area (Å²) in [5, 5.41) is 13.3. The van der Waals surface area contributed by atoms with Crippen LogP contribution in [0.4, 0.5) is 4.39 Å². The number of carbonyl (C=O) groups excluding carboxylic acids is 1. The van der Waals surface area contributed by atoms with Gasteiger partial charge in [-0.05, 0) is 38.1 Å². The quantitative estimate of drug-likeness (QED) is 0.934. The standard InChI is InChI=1S/C15H18FN3O2/c1-10(9-20)18(3)15(21)14-8-17-19(11(14)2)13-6-4-12(16)5-7-13/h4-8,10,20H,9H2,1-3H3. The van der Waals surface area contributed by atoms with Gasteiger partial charge in [0.15, 0.2) is 0 Å². The average Bonchev–Trinajstić information content (AvgIpc) is 2.87. The van der Waals surface area contributed by atoms with E-state index in [-0.39, 0.29) is 24.4 Å². The third kappa shape index (κ3) is 2.95. The number of aromatic nitrogens is 2. The molecule has 6 heteroatoms. The summed E-state index contributed by atoms with van der Waals surface area (Å²) in [5.74, 6) is -0.529. The number of hydrogen-bond donors (Lipinski definition) is 1. The molecule has 0 fully saturated rings. The van der Waals surface area contributed by atoms with Crippen molar-refractivity contribution in [2.75, 3.05) is 13.7 Å². The van der Waals surface area contributed by atoms with Crippen LogP contribution in [-0.2, 0) is 0 Å². The van der Waals surface area contributed by atoms with Crippen LogP contribution < -0.4 is 0 Å². The van der Waals surface area contributed by atoms with Crippen molar-refractivity contribution in [1.82, 2.24) is 14.7 Å². The van der Waals surface area contributed by atoms with Gasteiger partial charge < -0.3 is 10.0 Å². The number of halogens is 1. The van der Waals surface area contributed by atoms with Crippen LogP contribution in [0, 0.1) is 12.7 Å². The molecule has 1 aromatic carbocycles. The molecule has 0 saturated heterocycles. The second kappa shape index (κ2) is 6.05. The van der Waals surface area contributed by atoms with Gasteiger partial charge in [0.1, 0.15) is 5.82 Å². The van der Waals surface area contributed by atoms with E-state index >= 15 is 0 Å². The Bertz CT molecular complexity index is 637. The minimum atomic E-state index is -0.323. The molecular weight excluding hydrogens is 273 g/mol. The zero-order chi connectivity index (χ0) is 15.6. The monoisotopic (exact) mass is 291 g/mol. The molecule has 0 aliphatic rings. The molecule has 1 heterocycles. The summed E-state index contributed by atoms with van der Waals surface area (Å²) in [6.45, 7) is 3.44. The Balaban J connectivity index is 2.32. The van der Waals surface area contributed by atoms with Gasteiger partial charge in [-0.15, -0.1) is 0 Å². The first kappa shape index (κ1) is 15.2. The second-order valence-corrected chi connectivity index (χ2v) is 4.98. The number of amides is 1. The topological polar surface area (TPSA) is 58.4 Å². The normalized spacial score (nSPS) is 12.2. The van der Waals surface area contributed by atoms with Crippen LogP contribution in [0.25, 0.3) is 5.69 Å². The highest BCUT2D eigenvalue weighted by molar-refractivity contribution is 5.95. The highest BCUT2D eigenvalue weighted by atomic mass is 19.1. The molecule has 5 nitrogen and oxygen atoms in total. The third-order valence-electron chi connectivity index (χ3n) is 3.56. The minimum absolute atomic E-state index is 0.104. The molecule has 0 radical (unpaired) electrons. The lowest BCUT2D eigenvalue weighted by molar-refractivity contribution is 0.0681. The van der Waals surface area contributed by atoms with E-state index in [0.717, 1.165) is 0 Å². The molecule has 1 unspecified atom stereocenters. The van der Waals surface area contributed by atoms with E-state index in [1.54, 1.807) is 37.7 Å². The first-order valence-electron chi connectivity index (χ1n) is 6.64. The van der Waals surface area contributed by atoms with Gasteiger partial charge in [-0.1, -0.05) is 0 Å². The minimum Gasteiger partial charge on any atom is -0.394 e. The molecule has 0 saturated carbocycles. The number of carbonyl (C=O) groups is 1. The Hall–Kier alpha value is -2.21. The molecule has 1 atom stereocenters. The maximum absolute atomic E-state index is 13.0. The Labute approximate surface area is 122 Å². The zero-order valence-electron chi connectivity index (χ0n) is 12.2. The summed E-state index contributed by atoms with van der Waals surface area (Å²) in [4.78, 5) is 13.8. The van der Waals surface area contributed by atoms with E-state index in [1.807, 2.05) is 0 Å². The molecular formula is C15H18FN3O2. The van der Waals surface area contributed by atoms with Gasteiger partial charge in [-0.25, -0.2) is 9.07 Å². The summed E-state index contributed by atoms with van der Waals surface area (Å²) in [6.07, 6.45) is 1.49. The van der Waals surface area contributed by atoms with Crippen molar-refractivity contribution in [3.8, 4) is 5.69 Å². The molecule has 112 valence electrons. The van der Waals surface area contributed by atoms with Crippen molar-refractivity contribution in [3.05, 3.63) is 47.5 Å². The second-order valence-electron chi connectivity index (χ2n) is 4.98. The van der Waals surface area contributed by atoms with Crippen molar-refractivity contribution >= 4 is 5.91 Å². The van der Waals surface area contributed by atoms with E-state index in [9.17, 15) is 9.18 Å². The predicted octanol–water partition coefficient (Wildman–Crippen LogP) is 1.77. The Kier molecular flexibility index (Phi) is 4.37. The summed E-state index contributed by atoms with van der Waals surface area (Å²) in [7, 11) is 1.64. The molecule has 0 bridgehead atoms. The largest absolute Gasteiger partial charge is 0.394 e. The highest BCUT2D eigenvalue weighted by Gasteiger charge is 2.21. The predicted molar refractivity (Wildman–Crippen MR) is 76.9 cm³/mol. The molecule has 0 aliphatic carbocycles. The molecule has 0 spiro atoms. The number of rotatable bonds is 4. The zero-order valence-corrected chi connectivity index (χ0v) is 12.2. The lowest BCUT2D eigenvalue weighted by Gasteiger charge is -2.22. The lowest BCUT2D eigenvalue weighted by atomic mass is 10.2. The van der Waals surface area contributed by atoms with Gasteiger partial charge in [-0.3, -0.25) is 4.79 Å². The number of benzene rings is 1. The highest BCUT2D eigenvalue weighted by Crippen LogP contribution is 2.16. The van der Waals surface area contributed by atoms with Crippen molar-refractivity contribution < 1.29 is 14.3 Å². The van der Waals surface area contributed by atoms with E-state index in [1.165, 1.54) is 23.2 Å². The fourth-order valence-electron chi connectivity index (χ4n) is 1.97. The average molecular weight is 291 g/mol. The maximum Gasteiger partial charge on any atom is 0.257 e. The number of hydrogen-bond acceptors (Lipinski definition) is 3. The van der Waals surface area contributed by atoms with Gasteiger partial charge >= 0.3 is 0 Å². The van der Waals surface area contributed by atoms with Crippen molar-refractivity contribution in [2.24, 2.45) is 0 Å². The molecule has 1 aromatic heterocycles. The lowest BCUT2D eigenvalue weighted by Crippen LogP contribution is -2.37. The van der Waals surface area contributed by atoms with E-state index in [4.69, 9.17) is 5.11 Å². The van der Waals surface area contributed by atoms with Crippen molar-refractivity contribution in [3.63, 3.8) is 0 Å². The molecule has 2 rings (SSSR count). The molecule has 1 amide bonds. The SMILES string of the molecule is Cc1c(C(=O)N(C)C(C)CO)cnn1-c1ccc(F)cc1. The van der Waals surface area contributed by atoms with Gasteiger partial charge in [0, 0.05) is 7.05 Å². The summed E-state index contributed by atoms with van der Waals surface area (Å²) in [6, 6.07) is 5.62. The van der Waals surface area contributed by atoms with Crippen molar-refractivity contribution in [2.45, 2.75) is 19.9 Å². The van der Waals surface area contributed by atoms with Gasteiger partial charge in [0.2, 0.25) is 0 Å². The molecule has 0 aliphatic heterocycles. The van der Waals surface area contributed by atoms with Crippen LogP contribution in [0.3, 0.4) is 0 Å². The Morgan fingerprint density at radius 1 is 1.43 bits per heavy atom. The van der Waals surface area contributed by atoms with Gasteiger partial charge in [0.05, 0.1) is 35.8 Å². The number of aliphatic hydroxyl groups excluding tert-OH is 1. The first-order valence-corrected chi connectivity index (χ1v) is 6.64. The summed E-state index contributed by atoms with van der Waals surface area (Å²) >= 11 is 0. The smallest absolute Gasteiger partial charge is 0.257 e. The number of likely N-dealkylation sites (N-methyl/N-ethyl adjacent to an activating group) is 1. The molecule has 21 heavy (non-hydrogen) atoms. The molecule has 2 aromatic rings. The number of nitrogens with zero attached hydrogens (tertiary/aromatic N) is 3. The van der Waals surface area contributed by atoms with Crippen LogP contribution in [0.15, 0.2) is 30.5 Å². The first-order chi connectivity index (χ1) is 9.95. The van der Waals surface area contributed by atoms with E-state index in [0.29, 0.717) is 16.9 Å². The van der Waals surface area contributed by atoms with E-state index in [2.05, 4.69) is 5.10 Å². The third-order valence-corrected chi connectivity index (χ3v) is 3.56. The van der Waals surface area contributed by atoms with Crippen molar-refractivity contribution in [1.29, 1.82) is 0 Å². The number of aliphatic hydroxyl groups is 1. The van der Waals surface area contributed by atoms with E-state index < -0.39 is 0 Å². The van der Waals surface area contributed by atoms with Crippen LogP contribution in [0.1, 0.15) is 23.0 Å². The fourth-order valence-corrected chi connectivity index (χ4v) is 1.97. The fraction of sp³-hybridized carbons (Fsp3) is 0.333. The summed E-state index contributed by atoms with van der Waals surface area (Å²) < 4.78 is 14.5. The maximum atomic E-state index is 13.0. The van der Waals surface area contributed by atoms with Gasteiger partial charge in [-0.2, -0.15) is 5.10 Å². The van der Waals surface area contributed by atoms with Crippen LogP contribution >= 0.6 is 0 Å². The van der Waals surface area contributed by atoms with Crippen LogP contribution in [0.5, 0.6) is 0 Å². The molecule has 1 N–H and O–H groups in total. The van der Waals surface area contributed by atoms with Crippen LogP contribution in [0.2, 0.25) is 0 Å². The van der Waals surface area contributed by atoms with Gasteiger partial charge in [0.25, 0.3) is 5.91 Å².